The summed E-state index contributed by atoms with van der Waals surface area (Å²) in [6.07, 6.45) is 6.02. The Kier molecular flexibility index (Phi) is 3.46. The first kappa shape index (κ1) is 12.5. The fourth-order valence-corrected chi connectivity index (χ4v) is 3.26. The van der Waals surface area contributed by atoms with Crippen LogP contribution in [-0.2, 0) is 4.74 Å². The summed E-state index contributed by atoms with van der Waals surface area (Å²) in [5.41, 5.74) is 0. The van der Waals surface area contributed by atoms with E-state index in [0.717, 1.165) is 18.7 Å². The molecule has 6 nitrogen and oxygen atoms in total. The summed E-state index contributed by atoms with van der Waals surface area (Å²) in [7, 11) is 0. The summed E-state index contributed by atoms with van der Waals surface area (Å²) in [5, 5.41) is 13.0. The van der Waals surface area contributed by atoms with Crippen LogP contribution in [0.3, 0.4) is 0 Å². The summed E-state index contributed by atoms with van der Waals surface area (Å²) in [4.78, 5) is 12.3. The summed E-state index contributed by atoms with van der Waals surface area (Å²) >= 11 is 1.23. The van der Waals surface area contributed by atoms with Crippen molar-refractivity contribution in [2.24, 2.45) is 0 Å². The lowest BCUT2D eigenvalue weighted by atomic mass is 9.89. The third kappa shape index (κ3) is 2.34. The number of carbonyl (C=O) groups is 1. The Hall–Kier alpha value is -1.50. The van der Waals surface area contributed by atoms with Gasteiger partial charge in [-0.15, -0.1) is 15.3 Å². The van der Waals surface area contributed by atoms with Crippen molar-refractivity contribution in [3.05, 3.63) is 10.8 Å². The number of nitrogens with zero attached hydrogens (tertiary/aromatic N) is 4. The molecular weight excluding hydrogens is 264 g/mol. The van der Waals surface area contributed by atoms with E-state index in [9.17, 15) is 4.79 Å². The van der Waals surface area contributed by atoms with Gasteiger partial charge in [-0.1, -0.05) is 30.6 Å². The van der Waals surface area contributed by atoms with Crippen molar-refractivity contribution in [2.75, 3.05) is 6.61 Å². The highest BCUT2D eigenvalue weighted by atomic mass is 32.1. The lowest BCUT2D eigenvalue weighted by Crippen LogP contribution is -2.10. The van der Waals surface area contributed by atoms with Gasteiger partial charge in [-0.2, -0.15) is 4.52 Å². The Labute approximate surface area is 114 Å². The molecule has 7 heteroatoms. The van der Waals surface area contributed by atoms with Crippen molar-refractivity contribution in [3.63, 3.8) is 0 Å². The van der Waals surface area contributed by atoms with Gasteiger partial charge in [-0.25, -0.2) is 4.79 Å². The molecule has 2 aromatic rings. The van der Waals surface area contributed by atoms with Crippen LogP contribution in [0.4, 0.5) is 0 Å². The fraction of sp³-hybridized carbons (Fsp3) is 0.667. The molecule has 2 aromatic heterocycles. The van der Waals surface area contributed by atoms with Gasteiger partial charge < -0.3 is 4.74 Å². The van der Waals surface area contributed by atoms with Gasteiger partial charge in [0.05, 0.1) is 6.61 Å². The van der Waals surface area contributed by atoms with Crippen molar-refractivity contribution in [1.82, 2.24) is 19.8 Å². The molecule has 1 fully saturated rings. The number of ether oxygens (including phenoxy) is 1. The number of rotatable bonds is 3. The molecule has 19 heavy (non-hydrogen) atoms. The quantitative estimate of drug-likeness (QED) is 0.807. The molecule has 0 spiro atoms. The van der Waals surface area contributed by atoms with Crippen LogP contribution >= 0.6 is 11.3 Å². The van der Waals surface area contributed by atoms with Crippen LogP contribution in [0.25, 0.3) is 4.96 Å². The van der Waals surface area contributed by atoms with Crippen molar-refractivity contribution in [1.29, 1.82) is 0 Å². The molecule has 2 heterocycles. The molecular formula is C12H16N4O2S. The smallest absolute Gasteiger partial charge is 0.369 e. The molecule has 0 amide bonds. The number of fused-ring (bicyclic) bond motifs is 1. The first-order valence-electron chi connectivity index (χ1n) is 6.69. The molecule has 1 saturated carbocycles. The standard InChI is InChI=1S/C12H16N4O2S/c1-2-18-11(17)10-15-16-9(13-14-12(16)19-10)8-6-4-3-5-7-8/h8H,2-7H2,1H3. The SMILES string of the molecule is CCOC(=O)c1nn2c(C3CCCCC3)nnc2s1. The largest absolute Gasteiger partial charge is 0.461 e. The normalized spacial score (nSPS) is 16.9. The van der Waals surface area contributed by atoms with E-state index in [1.54, 1.807) is 11.4 Å². The highest BCUT2D eigenvalue weighted by molar-refractivity contribution is 7.18. The van der Waals surface area contributed by atoms with E-state index < -0.39 is 0 Å². The zero-order valence-corrected chi connectivity index (χ0v) is 11.7. The second-order valence-corrected chi connectivity index (χ2v) is 5.67. The summed E-state index contributed by atoms with van der Waals surface area (Å²) in [5.74, 6) is 0.926. The van der Waals surface area contributed by atoms with Gasteiger partial charge in [0.25, 0.3) is 0 Å². The maximum absolute atomic E-state index is 11.7. The fourth-order valence-electron chi connectivity index (χ4n) is 2.52. The first-order valence-corrected chi connectivity index (χ1v) is 7.50. The maximum atomic E-state index is 11.7. The highest BCUT2D eigenvalue weighted by Crippen LogP contribution is 2.32. The second kappa shape index (κ2) is 5.24. The number of hydrogen-bond donors (Lipinski definition) is 0. The number of esters is 1. The van der Waals surface area contributed by atoms with Gasteiger partial charge in [0.15, 0.2) is 5.82 Å². The predicted molar refractivity (Wildman–Crippen MR) is 70.4 cm³/mol. The molecule has 3 rings (SSSR count). The molecule has 0 aromatic carbocycles. The van der Waals surface area contributed by atoms with Crippen LogP contribution in [0.15, 0.2) is 0 Å². The van der Waals surface area contributed by atoms with E-state index in [0.29, 0.717) is 22.5 Å². The Bertz CT molecular complexity index is 586. The molecule has 0 saturated heterocycles. The van der Waals surface area contributed by atoms with Crippen molar-refractivity contribution >= 4 is 22.3 Å². The zero-order valence-electron chi connectivity index (χ0n) is 10.8. The highest BCUT2D eigenvalue weighted by Gasteiger charge is 2.24. The van der Waals surface area contributed by atoms with Crippen molar-refractivity contribution in [2.45, 2.75) is 44.9 Å². The van der Waals surface area contributed by atoms with Gasteiger partial charge >= 0.3 is 5.97 Å². The third-order valence-electron chi connectivity index (χ3n) is 3.44. The molecule has 0 aliphatic heterocycles. The lowest BCUT2D eigenvalue weighted by molar-refractivity contribution is 0.0524. The van der Waals surface area contributed by atoms with Gasteiger partial charge in [0.1, 0.15) is 0 Å². The van der Waals surface area contributed by atoms with E-state index in [4.69, 9.17) is 4.74 Å². The van der Waals surface area contributed by atoms with Gasteiger partial charge in [-0.3, -0.25) is 0 Å². The predicted octanol–water partition coefficient (Wildman–Crippen LogP) is 2.41. The molecule has 0 N–H and O–H groups in total. The summed E-state index contributed by atoms with van der Waals surface area (Å²) in [6, 6.07) is 0. The van der Waals surface area contributed by atoms with E-state index in [1.165, 1.54) is 30.6 Å². The Morgan fingerprint density at radius 1 is 1.37 bits per heavy atom. The lowest BCUT2D eigenvalue weighted by Gasteiger charge is -2.18. The van der Waals surface area contributed by atoms with E-state index in [-0.39, 0.29) is 5.97 Å². The minimum absolute atomic E-state index is 0.351. The first-order chi connectivity index (χ1) is 9.29. The second-order valence-electron chi connectivity index (χ2n) is 4.72. The zero-order chi connectivity index (χ0) is 13.2. The number of aromatic nitrogens is 4. The molecule has 1 aliphatic carbocycles. The summed E-state index contributed by atoms with van der Waals surface area (Å²) < 4.78 is 6.67. The Morgan fingerprint density at radius 2 is 2.16 bits per heavy atom. The molecule has 102 valence electrons. The Morgan fingerprint density at radius 3 is 2.89 bits per heavy atom. The maximum Gasteiger partial charge on any atom is 0.369 e. The average Bonchev–Trinajstić information content (AvgIpc) is 2.99. The van der Waals surface area contributed by atoms with Crippen LogP contribution < -0.4 is 0 Å². The molecule has 1 aliphatic rings. The van der Waals surface area contributed by atoms with Gasteiger partial charge in [0.2, 0.25) is 9.97 Å². The van der Waals surface area contributed by atoms with E-state index in [1.807, 2.05) is 0 Å². The number of carbonyl (C=O) groups excluding carboxylic acids is 1. The minimum atomic E-state index is -0.382. The monoisotopic (exact) mass is 280 g/mol. The van der Waals surface area contributed by atoms with Crippen LogP contribution in [-0.4, -0.2) is 32.4 Å². The van der Waals surface area contributed by atoms with Crippen LogP contribution in [0.1, 0.15) is 60.6 Å². The average molecular weight is 280 g/mol. The minimum Gasteiger partial charge on any atom is -0.461 e. The van der Waals surface area contributed by atoms with Crippen molar-refractivity contribution in [3.8, 4) is 0 Å². The van der Waals surface area contributed by atoms with E-state index >= 15 is 0 Å². The summed E-state index contributed by atoms with van der Waals surface area (Å²) in [6.45, 7) is 2.14. The van der Waals surface area contributed by atoms with Crippen LogP contribution in [0, 0.1) is 0 Å². The van der Waals surface area contributed by atoms with Crippen molar-refractivity contribution < 1.29 is 9.53 Å². The Balaban J connectivity index is 1.91. The van der Waals surface area contributed by atoms with Gasteiger partial charge in [0, 0.05) is 5.92 Å². The van der Waals surface area contributed by atoms with Crippen LogP contribution in [0.5, 0.6) is 0 Å². The van der Waals surface area contributed by atoms with Crippen LogP contribution in [0.2, 0.25) is 0 Å². The molecule has 0 atom stereocenters. The van der Waals surface area contributed by atoms with E-state index in [2.05, 4.69) is 15.3 Å². The third-order valence-corrected chi connectivity index (χ3v) is 4.31. The molecule has 0 unspecified atom stereocenters. The molecule has 0 radical (unpaired) electrons. The van der Waals surface area contributed by atoms with Gasteiger partial charge in [-0.05, 0) is 19.8 Å². The number of hydrogen-bond acceptors (Lipinski definition) is 6. The molecule has 0 bridgehead atoms. The topological polar surface area (TPSA) is 69.4 Å².